The minimum Gasteiger partial charge on any atom is -0.389 e. The minimum atomic E-state index is -1.15. The Balaban J connectivity index is 2.79. The summed E-state index contributed by atoms with van der Waals surface area (Å²) in [5, 5.41) is 9.79. The number of aliphatic hydroxyl groups is 1. The normalized spacial score (nSPS) is 26.0. The van der Waals surface area contributed by atoms with Crippen molar-refractivity contribution in [3.63, 3.8) is 0 Å². The van der Waals surface area contributed by atoms with Crippen molar-refractivity contribution in [2.45, 2.75) is 64.3 Å². The zero-order chi connectivity index (χ0) is 10.6. The van der Waals surface area contributed by atoms with Crippen molar-refractivity contribution in [1.29, 1.82) is 0 Å². The zero-order valence-corrected chi connectivity index (χ0v) is 10.8. The molecule has 0 spiro atoms. The minimum absolute atomic E-state index is 0.105. The van der Waals surface area contributed by atoms with E-state index in [4.69, 9.17) is 0 Å². The fourth-order valence-corrected chi connectivity index (χ4v) is 5.71. The lowest BCUT2D eigenvalue weighted by molar-refractivity contribution is 0.218. The van der Waals surface area contributed by atoms with E-state index in [-0.39, 0.29) is 6.10 Å². The second-order valence-corrected chi connectivity index (χ2v) is 9.69. The van der Waals surface area contributed by atoms with E-state index in [9.17, 15) is 5.11 Å². The third-order valence-corrected chi connectivity index (χ3v) is 9.18. The smallest absolute Gasteiger partial charge is 0.0770 e. The molecule has 1 aliphatic carbocycles. The van der Waals surface area contributed by atoms with Crippen molar-refractivity contribution < 1.29 is 5.11 Å². The molecule has 1 atom stereocenters. The second-order valence-electron chi connectivity index (χ2n) is 4.55. The number of aliphatic hydroxyl groups excluding tert-OH is 1. The van der Waals surface area contributed by atoms with Crippen LogP contribution in [0.15, 0.2) is 11.3 Å². The number of hydrogen-bond donors (Lipinski definition) is 1. The van der Waals surface area contributed by atoms with Gasteiger partial charge in [0.2, 0.25) is 0 Å². The number of rotatable bonds is 4. The van der Waals surface area contributed by atoms with Crippen LogP contribution in [0.4, 0.5) is 0 Å². The summed E-state index contributed by atoms with van der Waals surface area (Å²) in [5.41, 5.74) is 3.88. The van der Waals surface area contributed by atoms with E-state index in [1.807, 2.05) is 0 Å². The molecule has 1 unspecified atom stereocenters. The average Bonchev–Trinajstić information content (AvgIpc) is 2.61. The fraction of sp³-hybridized carbons (Fsp3) is 0.833. The van der Waals surface area contributed by atoms with E-state index in [1.165, 1.54) is 30.1 Å². The van der Waals surface area contributed by atoms with Gasteiger partial charge in [0.25, 0.3) is 0 Å². The molecule has 1 N–H and O–H groups in total. The first-order chi connectivity index (χ1) is 6.67. The van der Waals surface area contributed by atoms with Crippen LogP contribution in [0.3, 0.4) is 0 Å². The van der Waals surface area contributed by atoms with Crippen LogP contribution in [0.5, 0.6) is 0 Å². The molecule has 2 heteroatoms. The first-order valence-corrected chi connectivity index (χ1v) is 8.77. The van der Waals surface area contributed by atoms with Crippen LogP contribution in [-0.4, -0.2) is 19.3 Å². The Morgan fingerprint density at radius 3 is 2.21 bits per heavy atom. The van der Waals surface area contributed by atoms with Gasteiger partial charge in [0.15, 0.2) is 0 Å². The average molecular weight is 212 g/mol. The van der Waals surface area contributed by atoms with Gasteiger partial charge in [-0.15, -0.1) is 0 Å². The van der Waals surface area contributed by atoms with Crippen LogP contribution in [0.1, 0.15) is 40.0 Å². The summed E-state index contributed by atoms with van der Waals surface area (Å²) in [6.45, 7) is 6.95. The van der Waals surface area contributed by atoms with Crippen molar-refractivity contribution in [2.24, 2.45) is 0 Å². The molecule has 0 bridgehead atoms. The van der Waals surface area contributed by atoms with Gasteiger partial charge in [0.1, 0.15) is 0 Å². The van der Waals surface area contributed by atoms with Crippen LogP contribution in [0, 0.1) is 0 Å². The third kappa shape index (κ3) is 2.48. The summed E-state index contributed by atoms with van der Waals surface area (Å²) in [4.78, 5) is 0. The Kier molecular flexibility index (Phi) is 4.39. The molecule has 0 aromatic carbocycles. The van der Waals surface area contributed by atoms with Gasteiger partial charge in [-0.3, -0.25) is 0 Å². The molecule has 0 aromatic heterocycles. The van der Waals surface area contributed by atoms with Gasteiger partial charge in [0, 0.05) is 0 Å². The topological polar surface area (TPSA) is 20.2 Å². The maximum absolute atomic E-state index is 9.79. The highest BCUT2D eigenvalue weighted by molar-refractivity contribution is 6.84. The highest BCUT2D eigenvalue weighted by Crippen LogP contribution is 2.30. The van der Waals surface area contributed by atoms with E-state index in [0.29, 0.717) is 0 Å². The molecular weight excluding hydrogens is 188 g/mol. The van der Waals surface area contributed by atoms with Crippen LogP contribution < -0.4 is 0 Å². The molecule has 1 aliphatic rings. The lowest BCUT2D eigenvalue weighted by atomic mass is 10.2. The molecule has 1 rings (SSSR count). The summed E-state index contributed by atoms with van der Waals surface area (Å²) >= 11 is 0. The third-order valence-electron chi connectivity index (χ3n) is 3.97. The SMILES string of the molecule is CC[Si](/C=C1/CCCC1O)(CC)CC. The lowest BCUT2D eigenvalue weighted by Gasteiger charge is -2.25. The molecular formula is C12H24OSi. The maximum Gasteiger partial charge on any atom is 0.0770 e. The van der Waals surface area contributed by atoms with E-state index >= 15 is 0 Å². The Morgan fingerprint density at radius 1 is 1.29 bits per heavy atom. The standard InChI is InChI=1S/C12H24OSi/c1-4-14(5-2,6-3)10-11-8-7-9-12(11)13/h10,12-13H,4-9H2,1-3H3/b11-10-. The second kappa shape index (κ2) is 5.13. The Hall–Kier alpha value is -0.0831. The highest BCUT2D eigenvalue weighted by Gasteiger charge is 2.27. The van der Waals surface area contributed by atoms with Crippen molar-refractivity contribution in [3.8, 4) is 0 Å². The van der Waals surface area contributed by atoms with Gasteiger partial charge in [-0.25, -0.2) is 0 Å². The predicted molar refractivity (Wildman–Crippen MR) is 65.1 cm³/mol. The molecule has 0 radical (unpaired) electrons. The van der Waals surface area contributed by atoms with Crippen LogP contribution >= 0.6 is 0 Å². The van der Waals surface area contributed by atoms with Crippen LogP contribution in [0.2, 0.25) is 18.1 Å². The summed E-state index contributed by atoms with van der Waals surface area (Å²) in [5.74, 6) is 0. The highest BCUT2D eigenvalue weighted by atomic mass is 28.3. The maximum atomic E-state index is 9.79. The van der Waals surface area contributed by atoms with E-state index in [0.717, 1.165) is 12.8 Å². The largest absolute Gasteiger partial charge is 0.389 e. The molecule has 1 saturated carbocycles. The summed E-state index contributed by atoms with van der Waals surface area (Å²) in [7, 11) is -1.15. The molecule has 0 aliphatic heterocycles. The number of hydrogen-bond acceptors (Lipinski definition) is 1. The Labute approximate surface area is 89.2 Å². The quantitative estimate of drug-likeness (QED) is 0.707. The van der Waals surface area contributed by atoms with Gasteiger partial charge in [0.05, 0.1) is 14.2 Å². The van der Waals surface area contributed by atoms with Crippen molar-refractivity contribution >= 4 is 8.07 Å². The monoisotopic (exact) mass is 212 g/mol. The molecule has 0 saturated heterocycles. The molecule has 1 fully saturated rings. The van der Waals surface area contributed by atoms with Crippen LogP contribution in [-0.2, 0) is 0 Å². The molecule has 0 aromatic rings. The molecule has 82 valence electrons. The Bertz CT molecular complexity index is 198. The predicted octanol–water partition coefficient (Wildman–Crippen LogP) is 3.51. The van der Waals surface area contributed by atoms with Gasteiger partial charge in [-0.1, -0.05) is 44.6 Å². The molecule has 0 amide bonds. The van der Waals surface area contributed by atoms with Gasteiger partial charge in [-0.05, 0) is 24.8 Å². The van der Waals surface area contributed by atoms with E-state index in [2.05, 4.69) is 26.5 Å². The van der Waals surface area contributed by atoms with Crippen molar-refractivity contribution in [1.82, 2.24) is 0 Å². The van der Waals surface area contributed by atoms with Crippen LogP contribution in [0.25, 0.3) is 0 Å². The lowest BCUT2D eigenvalue weighted by Crippen LogP contribution is -2.30. The fourth-order valence-electron chi connectivity index (χ4n) is 2.47. The first kappa shape index (κ1) is 12.0. The summed E-state index contributed by atoms with van der Waals surface area (Å²) in [6.07, 6.45) is 3.23. The molecule has 14 heavy (non-hydrogen) atoms. The van der Waals surface area contributed by atoms with Crippen molar-refractivity contribution in [3.05, 3.63) is 11.3 Å². The molecule has 0 heterocycles. The van der Waals surface area contributed by atoms with Crippen molar-refractivity contribution in [2.75, 3.05) is 0 Å². The summed E-state index contributed by atoms with van der Waals surface area (Å²) < 4.78 is 0. The van der Waals surface area contributed by atoms with E-state index in [1.54, 1.807) is 0 Å². The first-order valence-electron chi connectivity index (χ1n) is 6.07. The van der Waals surface area contributed by atoms with Gasteiger partial charge in [-0.2, -0.15) is 0 Å². The van der Waals surface area contributed by atoms with Gasteiger partial charge >= 0.3 is 0 Å². The van der Waals surface area contributed by atoms with Gasteiger partial charge < -0.3 is 5.11 Å². The molecule has 1 nitrogen and oxygen atoms in total. The van der Waals surface area contributed by atoms with E-state index < -0.39 is 8.07 Å². The zero-order valence-electron chi connectivity index (χ0n) is 9.84. The summed E-state index contributed by atoms with van der Waals surface area (Å²) in [6, 6.07) is 3.99. The Morgan fingerprint density at radius 2 is 1.86 bits per heavy atom.